The van der Waals surface area contributed by atoms with Crippen molar-refractivity contribution in [3.05, 3.63) is 58.6 Å². The van der Waals surface area contributed by atoms with E-state index in [0.29, 0.717) is 28.5 Å². The first-order valence-corrected chi connectivity index (χ1v) is 10.7. The molecule has 0 unspecified atom stereocenters. The summed E-state index contributed by atoms with van der Waals surface area (Å²) in [5.41, 5.74) is 1.71. The van der Waals surface area contributed by atoms with Crippen LogP contribution in [0.3, 0.4) is 0 Å². The maximum atomic E-state index is 13.8. The van der Waals surface area contributed by atoms with Crippen molar-refractivity contribution in [2.75, 3.05) is 16.8 Å². The third-order valence-electron chi connectivity index (χ3n) is 7.27. The maximum Gasteiger partial charge on any atom is 0.250 e. The Morgan fingerprint density at radius 1 is 1.07 bits per heavy atom. The van der Waals surface area contributed by atoms with Crippen molar-refractivity contribution in [2.45, 2.75) is 31.3 Å². The number of imide groups is 1. The molecule has 6 nitrogen and oxygen atoms in total. The normalized spacial score (nSPS) is 32.0. The van der Waals surface area contributed by atoms with Crippen molar-refractivity contribution in [2.24, 2.45) is 11.8 Å². The summed E-state index contributed by atoms with van der Waals surface area (Å²) in [4.78, 5) is 44.3. The van der Waals surface area contributed by atoms with Crippen LogP contribution < -0.4 is 10.2 Å². The van der Waals surface area contributed by atoms with Crippen molar-refractivity contribution in [3.63, 3.8) is 0 Å². The fraction of sp³-hybridized carbons (Fsp3) is 0.348. The molecule has 0 aliphatic carbocycles. The van der Waals surface area contributed by atoms with Crippen LogP contribution in [-0.4, -0.2) is 35.2 Å². The molecule has 4 aliphatic heterocycles. The zero-order valence-corrected chi connectivity index (χ0v) is 17.1. The first-order chi connectivity index (χ1) is 14.5. The predicted octanol–water partition coefficient (Wildman–Crippen LogP) is 3.08. The van der Waals surface area contributed by atoms with Gasteiger partial charge in [0.25, 0.3) is 5.91 Å². The molecule has 0 bridgehead atoms. The number of carbonyl (C=O) groups is 3. The van der Waals surface area contributed by atoms with Crippen LogP contribution >= 0.6 is 11.6 Å². The lowest BCUT2D eigenvalue weighted by molar-refractivity contribution is -0.135. The number of hydrogen-bond acceptors (Lipinski definition) is 4. The number of nitrogens with zero attached hydrogens (tertiary/aromatic N) is 2. The zero-order valence-electron chi connectivity index (χ0n) is 16.4. The summed E-state index contributed by atoms with van der Waals surface area (Å²) >= 11 is 6.39. The number of hydrogen-bond donors (Lipinski definition) is 1. The van der Waals surface area contributed by atoms with Crippen molar-refractivity contribution < 1.29 is 14.4 Å². The van der Waals surface area contributed by atoms with Gasteiger partial charge in [-0.25, -0.2) is 4.90 Å². The van der Waals surface area contributed by atoms with Crippen molar-refractivity contribution in [1.82, 2.24) is 4.90 Å². The number of halogens is 1. The van der Waals surface area contributed by atoms with Crippen LogP contribution in [0, 0.1) is 18.8 Å². The van der Waals surface area contributed by atoms with Gasteiger partial charge in [0, 0.05) is 11.6 Å². The molecular weight excluding hydrogens is 402 g/mol. The van der Waals surface area contributed by atoms with E-state index >= 15 is 0 Å². The van der Waals surface area contributed by atoms with E-state index in [1.54, 1.807) is 24.3 Å². The van der Waals surface area contributed by atoms with Crippen LogP contribution in [0.5, 0.6) is 0 Å². The van der Waals surface area contributed by atoms with Gasteiger partial charge in [-0.1, -0.05) is 41.4 Å². The summed E-state index contributed by atoms with van der Waals surface area (Å²) in [7, 11) is 0. The van der Waals surface area contributed by atoms with Crippen molar-refractivity contribution in [1.29, 1.82) is 0 Å². The molecule has 0 aromatic heterocycles. The molecule has 4 heterocycles. The molecule has 1 spiro atoms. The predicted molar refractivity (Wildman–Crippen MR) is 112 cm³/mol. The Kier molecular flexibility index (Phi) is 3.58. The van der Waals surface area contributed by atoms with Crippen molar-refractivity contribution >= 4 is 40.7 Å². The smallest absolute Gasteiger partial charge is 0.250 e. The highest BCUT2D eigenvalue weighted by atomic mass is 35.5. The van der Waals surface area contributed by atoms with E-state index in [1.807, 2.05) is 25.1 Å². The molecule has 30 heavy (non-hydrogen) atoms. The van der Waals surface area contributed by atoms with Crippen LogP contribution in [0.2, 0.25) is 5.02 Å². The maximum absolute atomic E-state index is 13.8. The largest absolute Gasteiger partial charge is 0.323 e. The SMILES string of the molecule is Cc1ccc(N2C(=O)[C@H]3[C@@H](C2=O)[C@]2(C(=O)Nc4c(Cl)cccc42)N2CCC[C@@H]32)cc1. The number of fused-ring (bicyclic) bond motifs is 7. The molecule has 4 atom stereocenters. The number of nitrogens with one attached hydrogen (secondary N) is 1. The summed E-state index contributed by atoms with van der Waals surface area (Å²) < 4.78 is 0. The first kappa shape index (κ1) is 18.1. The van der Waals surface area contributed by atoms with Gasteiger partial charge >= 0.3 is 0 Å². The summed E-state index contributed by atoms with van der Waals surface area (Å²) in [6.07, 6.45) is 1.69. The van der Waals surface area contributed by atoms with Gasteiger partial charge < -0.3 is 5.32 Å². The Labute approximate surface area is 178 Å². The quantitative estimate of drug-likeness (QED) is 0.718. The second-order valence-corrected chi connectivity index (χ2v) is 9.04. The summed E-state index contributed by atoms with van der Waals surface area (Å²) in [5.74, 6) is -2.04. The first-order valence-electron chi connectivity index (χ1n) is 10.3. The average molecular weight is 422 g/mol. The number of para-hydroxylation sites is 1. The van der Waals surface area contributed by atoms with Gasteiger partial charge in [-0.15, -0.1) is 0 Å². The number of carbonyl (C=O) groups excluding carboxylic acids is 3. The molecule has 2 aromatic rings. The lowest BCUT2D eigenvalue weighted by atomic mass is 9.75. The highest BCUT2D eigenvalue weighted by Crippen LogP contribution is 2.61. The third-order valence-corrected chi connectivity index (χ3v) is 7.58. The minimum Gasteiger partial charge on any atom is -0.323 e. The number of benzene rings is 2. The summed E-state index contributed by atoms with van der Waals surface area (Å²) in [6, 6.07) is 12.6. The van der Waals surface area contributed by atoms with E-state index < -0.39 is 17.4 Å². The molecule has 4 aliphatic rings. The second kappa shape index (κ2) is 5.93. The fourth-order valence-electron chi connectivity index (χ4n) is 6.14. The molecule has 3 saturated heterocycles. The molecule has 7 heteroatoms. The van der Waals surface area contributed by atoms with Gasteiger partial charge in [0.2, 0.25) is 11.8 Å². The minimum atomic E-state index is -1.18. The molecule has 0 radical (unpaired) electrons. The fourth-order valence-corrected chi connectivity index (χ4v) is 6.36. The van der Waals surface area contributed by atoms with Crippen LogP contribution in [0.15, 0.2) is 42.5 Å². The van der Waals surface area contributed by atoms with E-state index in [0.717, 1.165) is 18.4 Å². The van der Waals surface area contributed by atoms with Gasteiger partial charge in [0.15, 0.2) is 0 Å². The minimum absolute atomic E-state index is 0.127. The van der Waals surface area contributed by atoms with Crippen LogP contribution in [0.4, 0.5) is 11.4 Å². The highest BCUT2D eigenvalue weighted by molar-refractivity contribution is 6.35. The van der Waals surface area contributed by atoms with E-state index in [4.69, 9.17) is 11.6 Å². The Balaban J connectivity index is 1.56. The van der Waals surface area contributed by atoms with Crippen molar-refractivity contribution in [3.8, 4) is 0 Å². The molecule has 3 fully saturated rings. The van der Waals surface area contributed by atoms with E-state index in [1.165, 1.54) is 4.90 Å². The molecule has 3 amide bonds. The van der Waals surface area contributed by atoms with Gasteiger partial charge in [-0.3, -0.25) is 19.3 Å². The Hall–Kier alpha value is -2.70. The number of anilines is 2. The molecule has 6 rings (SSSR count). The average Bonchev–Trinajstić information content (AvgIpc) is 3.42. The van der Waals surface area contributed by atoms with E-state index in [2.05, 4.69) is 10.2 Å². The van der Waals surface area contributed by atoms with Gasteiger partial charge in [0.1, 0.15) is 5.54 Å². The molecule has 2 aromatic carbocycles. The third kappa shape index (κ3) is 1.96. The van der Waals surface area contributed by atoms with Gasteiger partial charge in [-0.05, 0) is 44.5 Å². The van der Waals surface area contributed by atoms with Crippen LogP contribution in [-0.2, 0) is 19.9 Å². The Morgan fingerprint density at radius 3 is 2.60 bits per heavy atom. The lowest BCUT2D eigenvalue weighted by Gasteiger charge is -2.36. The summed E-state index contributed by atoms with van der Waals surface area (Å²) in [6.45, 7) is 2.64. The van der Waals surface area contributed by atoms with Crippen LogP contribution in [0.1, 0.15) is 24.0 Å². The van der Waals surface area contributed by atoms with Gasteiger partial charge in [0.05, 0.1) is 28.2 Å². The van der Waals surface area contributed by atoms with Gasteiger partial charge in [-0.2, -0.15) is 0 Å². The van der Waals surface area contributed by atoms with E-state index in [9.17, 15) is 14.4 Å². The monoisotopic (exact) mass is 421 g/mol. The highest BCUT2D eigenvalue weighted by Gasteiger charge is 2.74. The number of amides is 3. The molecular formula is C23H20ClN3O3. The summed E-state index contributed by atoms with van der Waals surface area (Å²) in [5, 5.41) is 3.37. The Morgan fingerprint density at radius 2 is 1.83 bits per heavy atom. The van der Waals surface area contributed by atoms with E-state index in [-0.39, 0.29) is 23.8 Å². The number of rotatable bonds is 1. The molecule has 1 N–H and O–H groups in total. The lowest BCUT2D eigenvalue weighted by Crippen LogP contribution is -2.54. The Bertz CT molecular complexity index is 1130. The molecule has 152 valence electrons. The molecule has 0 saturated carbocycles. The number of aryl methyl sites for hydroxylation is 1. The standard InChI is InChI=1S/C23H20ClN3O3/c1-12-7-9-13(10-8-12)27-20(28)17-16-6-3-11-26(16)23(18(17)21(27)29)14-4-2-5-15(24)19(14)25-22(23)30/h2,4-5,7-10,16-18H,3,6,11H2,1H3,(H,25,30)/t16-,17+,18-,23+/m0/s1. The second-order valence-electron chi connectivity index (χ2n) is 8.64. The van der Waals surface area contributed by atoms with Crippen LogP contribution in [0.25, 0.3) is 0 Å². The zero-order chi connectivity index (χ0) is 20.8. The topological polar surface area (TPSA) is 69.7 Å².